The van der Waals surface area contributed by atoms with E-state index < -0.39 is 10.0 Å². The highest BCUT2D eigenvalue weighted by atomic mass is 32.2. The fourth-order valence-corrected chi connectivity index (χ4v) is 2.70. The van der Waals surface area contributed by atoms with Crippen molar-refractivity contribution in [3.05, 3.63) is 65.7 Å². The molecule has 0 aliphatic heterocycles. The molecule has 2 aromatic carbocycles. The topological polar surface area (TPSA) is 46.5 Å². The van der Waals surface area contributed by atoms with Crippen LogP contribution in [0.4, 0.5) is 0 Å². The Bertz CT molecular complexity index is 674. The molecule has 2 rings (SSSR count). The minimum atomic E-state index is -3.56. The normalized spacial score (nSPS) is 11.8. The van der Waals surface area contributed by atoms with Gasteiger partial charge >= 0.3 is 0 Å². The Labute approximate surface area is 120 Å². The Kier molecular flexibility index (Phi) is 4.69. The predicted molar refractivity (Wildman–Crippen MR) is 81.6 cm³/mol. The fourth-order valence-electron chi connectivity index (χ4n) is 1.80. The van der Waals surface area contributed by atoms with Gasteiger partial charge < -0.3 is 0 Å². The lowest BCUT2D eigenvalue weighted by Crippen LogP contribution is -1.97. The standard InChI is InChI=1S/C16H17NO2S/c1-14-9-11-16(12-10-14)20(18,19)17-13-5-8-15-6-3-2-4-7-15/h2-4,6-7,9-13H,5,8H2,1H3/b17-13+. The van der Waals surface area contributed by atoms with Crippen LogP contribution in [0.5, 0.6) is 0 Å². The molecule has 0 unspecified atom stereocenters. The Morgan fingerprint density at radius 1 is 1.00 bits per heavy atom. The van der Waals surface area contributed by atoms with Gasteiger partial charge in [-0.05, 0) is 37.5 Å². The van der Waals surface area contributed by atoms with E-state index in [1.807, 2.05) is 37.3 Å². The molecule has 0 bridgehead atoms. The average Bonchev–Trinajstić information content (AvgIpc) is 2.45. The van der Waals surface area contributed by atoms with Gasteiger partial charge in [-0.2, -0.15) is 12.8 Å². The summed E-state index contributed by atoms with van der Waals surface area (Å²) < 4.78 is 27.6. The van der Waals surface area contributed by atoms with Gasteiger partial charge in [-0.1, -0.05) is 48.0 Å². The van der Waals surface area contributed by atoms with Crippen molar-refractivity contribution in [2.24, 2.45) is 4.40 Å². The van der Waals surface area contributed by atoms with Crippen molar-refractivity contribution in [3.8, 4) is 0 Å². The molecule has 20 heavy (non-hydrogen) atoms. The van der Waals surface area contributed by atoms with Crippen LogP contribution in [0.3, 0.4) is 0 Å². The second-order valence-electron chi connectivity index (χ2n) is 4.60. The summed E-state index contributed by atoms with van der Waals surface area (Å²) in [4.78, 5) is 0.235. The highest BCUT2D eigenvalue weighted by molar-refractivity contribution is 7.90. The predicted octanol–water partition coefficient (Wildman–Crippen LogP) is 3.39. The Morgan fingerprint density at radius 2 is 1.65 bits per heavy atom. The SMILES string of the molecule is Cc1ccc(S(=O)(=O)/N=C/CCc2ccccc2)cc1. The molecule has 104 valence electrons. The first-order valence-corrected chi connectivity index (χ1v) is 7.91. The summed E-state index contributed by atoms with van der Waals surface area (Å²) in [5, 5.41) is 0. The van der Waals surface area contributed by atoms with Gasteiger partial charge in [-0.3, -0.25) is 0 Å². The minimum absolute atomic E-state index is 0.235. The van der Waals surface area contributed by atoms with E-state index in [0.717, 1.165) is 12.0 Å². The van der Waals surface area contributed by atoms with Gasteiger partial charge in [0.05, 0.1) is 4.90 Å². The number of nitrogens with zero attached hydrogens (tertiary/aromatic N) is 1. The van der Waals surface area contributed by atoms with Gasteiger partial charge in [0.2, 0.25) is 0 Å². The second-order valence-corrected chi connectivity index (χ2v) is 6.23. The van der Waals surface area contributed by atoms with Crippen molar-refractivity contribution >= 4 is 16.2 Å². The largest absolute Gasteiger partial charge is 0.281 e. The third kappa shape index (κ3) is 4.03. The van der Waals surface area contributed by atoms with Crippen LogP contribution in [0.25, 0.3) is 0 Å². The summed E-state index contributed by atoms with van der Waals surface area (Å²) in [6.45, 7) is 1.92. The first kappa shape index (κ1) is 14.5. The summed E-state index contributed by atoms with van der Waals surface area (Å²) in [7, 11) is -3.56. The highest BCUT2D eigenvalue weighted by Crippen LogP contribution is 2.12. The number of rotatable bonds is 5. The van der Waals surface area contributed by atoms with E-state index in [2.05, 4.69) is 4.40 Å². The zero-order chi connectivity index (χ0) is 14.4. The molecule has 0 aliphatic rings. The Hall–Kier alpha value is -1.94. The maximum Gasteiger partial charge on any atom is 0.281 e. The molecule has 0 radical (unpaired) electrons. The summed E-state index contributed by atoms with van der Waals surface area (Å²) in [5.74, 6) is 0. The number of aryl methyl sites for hydroxylation is 2. The van der Waals surface area contributed by atoms with Crippen LogP contribution in [-0.4, -0.2) is 14.6 Å². The van der Waals surface area contributed by atoms with Crippen LogP contribution in [-0.2, 0) is 16.4 Å². The lowest BCUT2D eigenvalue weighted by atomic mass is 10.1. The van der Waals surface area contributed by atoms with E-state index in [4.69, 9.17) is 0 Å². The van der Waals surface area contributed by atoms with Crippen molar-refractivity contribution in [2.75, 3.05) is 0 Å². The third-order valence-electron chi connectivity index (χ3n) is 2.94. The van der Waals surface area contributed by atoms with E-state index in [1.165, 1.54) is 11.8 Å². The lowest BCUT2D eigenvalue weighted by Gasteiger charge is -1.99. The maximum absolute atomic E-state index is 12.0. The Morgan fingerprint density at radius 3 is 2.30 bits per heavy atom. The zero-order valence-electron chi connectivity index (χ0n) is 11.4. The first-order valence-electron chi connectivity index (χ1n) is 6.47. The van der Waals surface area contributed by atoms with Gasteiger partial charge in [0.15, 0.2) is 0 Å². The van der Waals surface area contributed by atoms with E-state index >= 15 is 0 Å². The van der Waals surface area contributed by atoms with Gasteiger partial charge in [-0.15, -0.1) is 0 Å². The molecule has 0 spiro atoms. The van der Waals surface area contributed by atoms with Gasteiger partial charge in [-0.25, -0.2) is 0 Å². The molecule has 0 heterocycles. The van der Waals surface area contributed by atoms with Gasteiger partial charge in [0, 0.05) is 6.21 Å². The van der Waals surface area contributed by atoms with Crippen molar-refractivity contribution in [3.63, 3.8) is 0 Å². The number of benzene rings is 2. The molecule has 3 nitrogen and oxygen atoms in total. The smallest absolute Gasteiger partial charge is 0.199 e. The quantitative estimate of drug-likeness (QED) is 0.791. The molecule has 0 fully saturated rings. The van der Waals surface area contributed by atoms with Crippen LogP contribution in [0.1, 0.15) is 17.5 Å². The summed E-state index contributed by atoms with van der Waals surface area (Å²) in [6.07, 6.45) is 2.87. The zero-order valence-corrected chi connectivity index (χ0v) is 12.2. The van der Waals surface area contributed by atoms with E-state index in [0.29, 0.717) is 6.42 Å². The molecular weight excluding hydrogens is 270 g/mol. The number of hydrogen-bond acceptors (Lipinski definition) is 2. The molecule has 0 aromatic heterocycles. The number of sulfonamides is 1. The Balaban J connectivity index is 1.98. The molecule has 0 saturated heterocycles. The molecule has 2 aromatic rings. The fraction of sp³-hybridized carbons (Fsp3) is 0.188. The summed E-state index contributed by atoms with van der Waals surface area (Å²) in [5.41, 5.74) is 2.20. The molecule has 0 amide bonds. The van der Waals surface area contributed by atoms with Crippen molar-refractivity contribution in [1.82, 2.24) is 0 Å². The molecule has 0 saturated carbocycles. The summed E-state index contributed by atoms with van der Waals surface area (Å²) >= 11 is 0. The van der Waals surface area contributed by atoms with Crippen LogP contribution in [0, 0.1) is 6.92 Å². The third-order valence-corrected chi connectivity index (χ3v) is 4.23. The van der Waals surface area contributed by atoms with Crippen LogP contribution >= 0.6 is 0 Å². The van der Waals surface area contributed by atoms with Gasteiger partial charge in [0.1, 0.15) is 0 Å². The molecule has 0 N–H and O–H groups in total. The number of hydrogen-bond donors (Lipinski definition) is 0. The second kappa shape index (κ2) is 6.48. The van der Waals surface area contributed by atoms with Crippen LogP contribution < -0.4 is 0 Å². The highest BCUT2D eigenvalue weighted by Gasteiger charge is 2.10. The van der Waals surface area contributed by atoms with E-state index in [-0.39, 0.29) is 4.90 Å². The first-order chi connectivity index (χ1) is 9.58. The average molecular weight is 287 g/mol. The van der Waals surface area contributed by atoms with Gasteiger partial charge in [0.25, 0.3) is 10.0 Å². The lowest BCUT2D eigenvalue weighted by molar-refractivity contribution is 0.598. The van der Waals surface area contributed by atoms with E-state index in [9.17, 15) is 8.42 Å². The molecule has 4 heteroatoms. The molecule has 0 aliphatic carbocycles. The van der Waals surface area contributed by atoms with E-state index in [1.54, 1.807) is 24.3 Å². The maximum atomic E-state index is 12.0. The molecular formula is C16H17NO2S. The molecule has 0 atom stereocenters. The van der Waals surface area contributed by atoms with Crippen molar-refractivity contribution in [2.45, 2.75) is 24.7 Å². The van der Waals surface area contributed by atoms with Crippen LogP contribution in [0.15, 0.2) is 63.9 Å². The van der Waals surface area contributed by atoms with Crippen molar-refractivity contribution < 1.29 is 8.42 Å². The van der Waals surface area contributed by atoms with Crippen LogP contribution in [0.2, 0.25) is 0 Å². The monoisotopic (exact) mass is 287 g/mol. The summed E-state index contributed by atoms with van der Waals surface area (Å²) in [6, 6.07) is 16.6. The minimum Gasteiger partial charge on any atom is -0.199 e. The van der Waals surface area contributed by atoms with Crippen molar-refractivity contribution in [1.29, 1.82) is 0 Å².